The molecule has 10 heterocycles. The minimum Gasteiger partial charge on any atom is -0.391 e. The van der Waals surface area contributed by atoms with Crippen LogP contribution in [-0.2, 0) is 52.4 Å². The normalized spacial score (nSPS) is 32.8. The van der Waals surface area contributed by atoms with Crippen LogP contribution >= 0.6 is 57.0 Å². The van der Waals surface area contributed by atoms with Crippen LogP contribution in [0.4, 0.5) is 0 Å². The predicted octanol–water partition coefficient (Wildman–Crippen LogP) is 2.82. The van der Waals surface area contributed by atoms with Crippen LogP contribution in [0.15, 0.2) is 123 Å². The number of aliphatic hydroxyl groups excluding tert-OH is 8. The number of methoxy groups -OCH3 is 1. The van der Waals surface area contributed by atoms with Gasteiger partial charge in [0.1, 0.15) is 78.2 Å². The Morgan fingerprint density at radius 1 is 0.440 bits per heavy atom. The van der Waals surface area contributed by atoms with Crippen molar-refractivity contribution in [1.29, 1.82) is 0 Å². The molecule has 5 saturated heterocycles. The van der Waals surface area contributed by atoms with Gasteiger partial charge in [0.2, 0.25) is 0 Å². The first-order chi connectivity index (χ1) is 50.4. The molecule has 0 bridgehead atoms. The van der Waals surface area contributed by atoms with Crippen LogP contribution in [0.3, 0.4) is 0 Å². The molecule has 10 aliphatic heterocycles. The summed E-state index contributed by atoms with van der Waals surface area (Å²) in [5, 5.41) is 91.9. The van der Waals surface area contributed by atoms with Gasteiger partial charge >= 0.3 is 0 Å². The lowest BCUT2D eigenvalue weighted by Crippen LogP contribution is -2.48. The van der Waals surface area contributed by atoms with Crippen LogP contribution in [0.1, 0.15) is 39.0 Å². The molecular weight excluding hydrogens is 1610 g/mol. The number of nitrogens with one attached hydrogen (secondary N) is 4. The highest BCUT2D eigenvalue weighted by Crippen LogP contribution is 2.45. The number of nitrogens with zero attached hydrogens (tertiary/aromatic N) is 6. The molecule has 0 spiro atoms. The van der Waals surface area contributed by atoms with E-state index in [1.807, 2.05) is 6.92 Å². The van der Waals surface area contributed by atoms with Gasteiger partial charge in [0.05, 0.1) is 58.8 Å². The van der Waals surface area contributed by atoms with E-state index in [2.05, 4.69) is 175 Å². The topological polar surface area (TPSA) is 370 Å². The van der Waals surface area contributed by atoms with E-state index in [-0.39, 0.29) is 75.6 Å². The summed E-state index contributed by atoms with van der Waals surface area (Å²) in [6, 6.07) is 0. The molecule has 12 N–H and O–H groups in total. The molecule has 0 aromatic rings. The van der Waals surface area contributed by atoms with Crippen LogP contribution in [0.5, 0.6) is 0 Å². The Morgan fingerprint density at radius 2 is 0.761 bits per heavy atom. The van der Waals surface area contributed by atoms with Gasteiger partial charge in [0.25, 0.3) is 29.5 Å². The van der Waals surface area contributed by atoms with Gasteiger partial charge in [-0.15, -0.1) is 65.9 Å². The zero-order valence-corrected chi connectivity index (χ0v) is 72.1. The number of rotatable bonds is 22. The van der Waals surface area contributed by atoms with E-state index in [0.717, 1.165) is 50.1 Å². The molecule has 0 radical (unpaired) electrons. The van der Waals surface area contributed by atoms with E-state index in [4.69, 9.17) is 28.4 Å². The molecule has 5 fully saturated rings. The Kier molecular flexibility index (Phi) is 33.5. The number of amides is 5. The summed E-state index contributed by atoms with van der Waals surface area (Å²) in [5.41, 5.74) is 0.135. The number of halogens is 1. The van der Waals surface area contributed by atoms with E-state index >= 15 is 0 Å². The van der Waals surface area contributed by atoms with E-state index < -0.39 is 127 Å². The number of alkyl halides is 1. The second-order valence-corrected chi connectivity index (χ2v) is 55.2. The van der Waals surface area contributed by atoms with Gasteiger partial charge in [-0.25, -0.2) is 0 Å². The molecule has 20 atom stereocenters. The van der Waals surface area contributed by atoms with Crippen LogP contribution in [0.25, 0.3) is 0 Å². The largest absolute Gasteiger partial charge is 0.391 e. The van der Waals surface area contributed by atoms with Crippen molar-refractivity contribution in [3.8, 4) is 0 Å². The van der Waals surface area contributed by atoms with Crippen LogP contribution in [0.2, 0.25) is 0 Å². The summed E-state index contributed by atoms with van der Waals surface area (Å²) in [6.07, 6.45) is 31.7. The van der Waals surface area contributed by atoms with Crippen LogP contribution in [-0.4, -0.2) is 364 Å². The lowest BCUT2D eigenvalue weighted by Gasteiger charge is -2.36. The molecule has 614 valence electrons. The van der Waals surface area contributed by atoms with E-state index in [1.165, 1.54) is 46.5 Å². The van der Waals surface area contributed by atoms with E-state index in [0.29, 0.717) is 36.1 Å². The van der Waals surface area contributed by atoms with Gasteiger partial charge in [-0.2, -0.15) is 0 Å². The fraction of sp³-hybridized carbons (Fsp3) is 0.595. The van der Waals surface area contributed by atoms with Gasteiger partial charge in [0.15, 0.2) is 18.7 Å². The maximum atomic E-state index is 11.6. The SMILES string of the molecule is C=C1N(C)C(=O)C=CN1C1O[C@H](CCP(=C)(C)C)[C@@H](O)[C@H]1O.C=C1NC(=O)C(CO)=CN1C1O[C@H](CCP(=C)(C)C)[C@@H](O)[C@H]1O.C=C1NC(=O)C=CN1C1O[C@H](CCP(=C)(C)C)[C@@H](O)[C@H]1C.C=C1NC(=O)C=CN1C1O[C@H](CCP(=C)(C)C)[C@@H](O)[C@H]1I.C=C1NC(=O)C=CN1C1O[C@H](CCP(=C)(C)C)[C@@H](O)[C@H]1OC. The predicted molar refractivity (Wildman–Crippen MR) is 452 cm³/mol. The number of carbonyl (C=O) groups excluding carboxylic acids is 5. The molecule has 5 unspecified atom stereocenters. The molecule has 0 aromatic carbocycles. The highest BCUT2D eigenvalue weighted by atomic mass is 127. The standard InChI is InChI=1S/C15H25N2O5P.2C15H25N2O4P.C15H25N2O3P.C14H22IN2O3P/c1-9-16-14(21)10(8-18)7-17(9)15-13(20)12(19)11(22-15)5-6-23(2,3)4;1-10-16-12(18)6-8-17(10)15-14(20-2)13(19)11(21-15)7-9-22(3,4)5;1-10-16(2)12(18)6-8-17(10)15-14(20)13(19)11(21-15)7-9-22(3,4)5;1-10-14(19)12(7-9-21(3,4)5)20-15(10)17-8-6-13(18)16-11(17)2;1-9-16-11(18)5-7-17(9)14-12(15)13(19)10(20-14)6-8-21(2,3)4/h7,11-13,15,18-20H,1-2,5-6,8H2,3-4H3,(H,16,21);6,8,11,13-15,19H,1,3,7,9H2,2,4-5H3,(H,16,18);6,8,11,13-15,19-20H,1,3,7,9H2,2,4-5H3;6,8,10,12,14-15,19H,2-3,7,9H2,1,4-5H3,(H,16,18);5,7,10,12-14,19H,1-2,6,8H2,3-4H3,(H,16,18)/t11-,12-,13-,15?;2*11-,13-,14-,15?;10-,12-,14+,15?;10-,12-,13-,14?/m11111/s1. The van der Waals surface area contributed by atoms with Crippen molar-refractivity contribution in [2.75, 3.05) is 118 Å². The second kappa shape index (κ2) is 39.2. The van der Waals surface area contributed by atoms with Gasteiger partial charge in [-0.3, -0.25) is 28.9 Å². The van der Waals surface area contributed by atoms with E-state index in [9.17, 15) is 64.8 Å². The monoisotopic (exact) mass is 1740 g/mol. The second-order valence-electron chi connectivity index (χ2n) is 32.1. The Morgan fingerprint density at radius 3 is 1.15 bits per heavy atom. The van der Waals surface area contributed by atoms with E-state index in [1.54, 1.807) is 52.4 Å². The highest BCUT2D eigenvalue weighted by molar-refractivity contribution is 14.1. The summed E-state index contributed by atoms with van der Waals surface area (Å²) in [7, 11) is 3.14. The van der Waals surface area contributed by atoms with Gasteiger partial charge in [0, 0.05) is 75.4 Å². The Hall–Kier alpha value is -4.58. The Bertz CT molecular complexity index is 3680. The number of hydrogen-bond donors (Lipinski definition) is 12. The Balaban J connectivity index is 0.000000213. The molecule has 109 heavy (non-hydrogen) atoms. The van der Waals surface area contributed by atoms with Gasteiger partial charge in [-0.1, -0.05) is 62.4 Å². The third-order valence-electron chi connectivity index (χ3n) is 19.3. The molecule has 35 heteroatoms. The third-order valence-corrected chi connectivity index (χ3v) is 28.0. The highest BCUT2D eigenvalue weighted by Gasteiger charge is 2.51. The average molecular weight is 1740 g/mol. The number of hydrogen-bond acceptors (Lipinski definition) is 24. The molecule has 29 nitrogen and oxygen atoms in total. The van der Waals surface area contributed by atoms with Crippen molar-refractivity contribution in [3.05, 3.63) is 123 Å². The Labute approximate surface area is 658 Å². The molecule has 0 aromatic heterocycles. The molecule has 0 saturated carbocycles. The summed E-state index contributed by atoms with van der Waals surface area (Å²) in [6.45, 7) is 36.1. The third kappa shape index (κ3) is 26.2. The smallest absolute Gasteiger partial charge is 0.256 e. The molecule has 10 rings (SSSR count). The summed E-state index contributed by atoms with van der Waals surface area (Å²) in [4.78, 5) is 66.7. The minimum atomic E-state index is -1.26. The van der Waals surface area contributed by atoms with Crippen LogP contribution in [0, 0.1) is 5.92 Å². The van der Waals surface area contributed by atoms with Gasteiger partial charge in [-0.05, 0) is 130 Å². The minimum absolute atomic E-state index is 0.0577. The summed E-state index contributed by atoms with van der Waals surface area (Å²) < 4.78 is 35.0. The van der Waals surface area contributed by atoms with Gasteiger partial charge < -0.3 is 115 Å². The quantitative estimate of drug-likeness (QED) is 0.0421. The zero-order valence-electron chi connectivity index (χ0n) is 65.5. The van der Waals surface area contributed by atoms with Crippen molar-refractivity contribution in [2.45, 2.75) is 153 Å². The zero-order chi connectivity index (χ0) is 82.1. The lowest BCUT2D eigenvalue weighted by atomic mass is 10.00. The molecule has 10 aliphatic rings. The number of likely N-dealkylation sites (N-methyl/N-ethyl adjacent to an activating group) is 1. The van der Waals surface area contributed by atoms with Crippen molar-refractivity contribution >= 4 is 118 Å². The van der Waals surface area contributed by atoms with Crippen molar-refractivity contribution < 1.29 is 93.2 Å². The fourth-order valence-electron chi connectivity index (χ4n) is 12.8. The maximum absolute atomic E-state index is 11.6. The first-order valence-corrected chi connectivity index (χ1v) is 52.4. The summed E-state index contributed by atoms with van der Waals surface area (Å²) in [5.74, 6) is 0.718. The van der Waals surface area contributed by atoms with Crippen molar-refractivity contribution in [2.24, 2.45) is 5.92 Å². The first kappa shape index (κ1) is 93.3. The first-order valence-electron chi connectivity index (χ1n) is 35.9. The molecular formula is C74H122IN10O19P5. The molecule has 0 aliphatic carbocycles. The fourth-order valence-corrected chi connectivity index (χ4v) is 18.5. The number of aliphatic hydroxyl groups is 8. The van der Waals surface area contributed by atoms with Crippen molar-refractivity contribution in [1.82, 2.24) is 50.7 Å². The number of carbonyl (C=O) groups is 5. The maximum Gasteiger partial charge on any atom is 0.256 e. The van der Waals surface area contributed by atoms with Crippen LogP contribution < -0.4 is 21.3 Å². The summed E-state index contributed by atoms with van der Waals surface area (Å²) >= 11 is 2.20. The lowest BCUT2D eigenvalue weighted by molar-refractivity contribution is -0.128. The molecule has 5 amide bonds. The average Bonchev–Trinajstić information content (AvgIpc) is 1.58. The number of ether oxygens (including phenoxy) is 6. The van der Waals surface area contributed by atoms with Crippen molar-refractivity contribution in [3.63, 3.8) is 0 Å².